The molecule has 4 unspecified atom stereocenters. The van der Waals surface area contributed by atoms with E-state index in [0.717, 1.165) is 13.2 Å². The van der Waals surface area contributed by atoms with Crippen LogP contribution in [0.2, 0.25) is 0 Å². The number of alkyl halides is 3. The van der Waals surface area contributed by atoms with E-state index < -0.39 is 27.8 Å². The number of halogens is 3. The standard InChI is InChI=1S/C17H28O2.C6H9F3O4S/c1-5-15(16-9-7-6-8-10-16)11-14(2)17(12-18-3)13-19-4;7-6(8,9)14(11,12)13-5-3-1-2-4(5)10/h6-10,14-15,17H,5,11-13H2,1-4H3;4-5,10H,1-3H2. The van der Waals surface area contributed by atoms with E-state index in [9.17, 15) is 21.6 Å². The molecule has 33 heavy (non-hydrogen) atoms. The van der Waals surface area contributed by atoms with E-state index in [4.69, 9.17) is 14.6 Å². The first-order valence-electron chi connectivity index (χ1n) is 11.2. The summed E-state index contributed by atoms with van der Waals surface area (Å²) >= 11 is 0. The number of hydrogen-bond acceptors (Lipinski definition) is 6. The minimum absolute atomic E-state index is 0.122. The van der Waals surface area contributed by atoms with Gasteiger partial charge in [0.05, 0.1) is 19.3 Å². The highest BCUT2D eigenvalue weighted by Gasteiger charge is 2.49. The number of aliphatic hydroxyl groups excluding tert-OH is 1. The van der Waals surface area contributed by atoms with Crippen molar-refractivity contribution in [2.75, 3.05) is 27.4 Å². The second-order valence-corrected chi connectivity index (χ2v) is 10.00. The second-order valence-electron chi connectivity index (χ2n) is 8.43. The number of ether oxygens (including phenoxy) is 2. The van der Waals surface area contributed by atoms with Gasteiger partial charge in [0, 0.05) is 20.1 Å². The van der Waals surface area contributed by atoms with Crippen LogP contribution in [-0.4, -0.2) is 58.7 Å². The van der Waals surface area contributed by atoms with Crippen LogP contribution in [0.15, 0.2) is 30.3 Å². The van der Waals surface area contributed by atoms with Crippen LogP contribution in [0.5, 0.6) is 0 Å². The van der Waals surface area contributed by atoms with Gasteiger partial charge in [-0.3, -0.25) is 4.18 Å². The monoisotopic (exact) mass is 498 g/mol. The summed E-state index contributed by atoms with van der Waals surface area (Å²) in [6.07, 6.45) is 0.820. The third-order valence-electron chi connectivity index (χ3n) is 5.94. The van der Waals surface area contributed by atoms with Crippen molar-refractivity contribution < 1.29 is 40.4 Å². The summed E-state index contributed by atoms with van der Waals surface area (Å²) in [5.41, 5.74) is -3.97. The highest BCUT2D eigenvalue weighted by molar-refractivity contribution is 7.87. The highest BCUT2D eigenvalue weighted by atomic mass is 32.2. The Kier molecular flexibility index (Phi) is 12.9. The highest BCUT2D eigenvalue weighted by Crippen LogP contribution is 2.31. The number of rotatable bonds is 11. The summed E-state index contributed by atoms with van der Waals surface area (Å²) in [7, 11) is -2.04. The normalized spacial score (nSPS) is 20.9. The first kappa shape index (κ1) is 29.8. The van der Waals surface area contributed by atoms with Crippen molar-refractivity contribution in [3.63, 3.8) is 0 Å². The maximum Gasteiger partial charge on any atom is 0.523 e. The van der Waals surface area contributed by atoms with Crippen molar-refractivity contribution >= 4 is 10.1 Å². The molecule has 0 amide bonds. The van der Waals surface area contributed by atoms with Crippen molar-refractivity contribution in [3.05, 3.63) is 35.9 Å². The summed E-state index contributed by atoms with van der Waals surface area (Å²) in [5.74, 6) is 1.71. The smallest absolute Gasteiger partial charge is 0.390 e. The summed E-state index contributed by atoms with van der Waals surface area (Å²) in [5, 5.41) is 9.06. The molecule has 0 radical (unpaired) electrons. The summed E-state index contributed by atoms with van der Waals surface area (Å²) in [4.78, 5) is 0. The zero-order valence-electron chi connectivity index (χ0n) is 19.8. The van der Waals surface area contributed by atoms with Gasteiger partial charge < -0.3 is 14.6 Å². The van der Waals surface area contributed by atoms with E-state index in [1.807, 2.05) is 0 Å². The van der Waals surface area contributed by atoms with Crippen LogP contribution in [0.4, 0.5) is 13.2 Å². The molecule has 6 nitrogen and oxygen atoms in total. The average molecular weight is 499 g/mol. The number of hydrogen-bond donors (Lipinski definition) is 1. The number of methoxy groups -OCH3 is 2. The largest absolute Gasteiger partial charge is 0.523 e. The Morgan fingerprint density at radius 3 is 2.09 bits per heavy atom. The number of benzene rings is 1. The lowest BCUT2D eigenvalue weighted by molar-refractivity contribution is -0.0612. The quantitative estimate of drug-likeness (QED) is 0.346. The van der Waals surface area contributed by atoms with E-state index in [1.165, 1.54) is 18.4 Å². The third-order valence-corrected chi connectivity index (χ3v) is 7.01. The van der Waals surface area contributed by atoms with Crippen molar-refractivity contribution in [1.82, 2.24) is 0 Å². The maximum atomic E-state index is 11.8. The molecule has 0 spiro atoms. The van der Waals surface area contributed by atoms with Gasteiger partial charge in [-0.2, -0.15) is 21.6 Å². The molecule has 0 saturated heterocycles. The van der Waals surface area contributed by atoms with Gasteiger partial charge in [0.15, 0.2) is 0 Å². The Balaban J connectivity index is 0.000000346. The van der Waals surface area contributed by atoms with Crippen LogP contribution < -0.4 is 0 Å². The van der Waals surface area contributed by atoms with Crippen molar-refractivity contribution in [3.8, 4) is 0 Å². The zero-order chi connectivity index (χ0) is 25.1. The molecule has 0 heterocycles. The fourth-order valence-electron chi connectivity index (χ4n) is 3.95. The predicted octanol–water partition coefficient (Wildman–Crippen LogP) is 4.88. The van der Waals surface area contributed by atoms with Crippen LogP contribution >= 0.6 is 0 Å². The van der Waals surface area contributed by atoms with Gasteiger partial charge in [-0.25, -0.2) is 0 Å². The molecule has 1 aliphatic rings. The Bertz CT molecular complexity index is 751. The minimum atomic E-state index is -5.57. The molecule has 1 saturated carbocycles. The van der Waals surface area contributed by atoms with Gasteiger partial charge in [0.25, 0.3) is 0 Å². The molecule has 10 heteroatoms. The van der Waals surface area contributed by atoms with Gasteiger partial charge in [-0.15, -0.1) is 0 Å². The lowest BCUT2D eigenvalue weighted by atomic mass is 9.82. The van der Waals surface area contributed by atoms with E-state index in [2.05, 4.69) is 48.4 Å². The van der Waals surface area contributed by atoms with Gasteiger partial charge in [-0.1, -0.05) is 44.2 Å². The molecule has 0 aliphatic heterocycles. The predicted molar refractivity (Wildman–Crippen MR) is 120 cm³/mol. The lowest BCUT2D eigenvalue weighted by Gasteiger charge is -2.26. The molecule has 1 aromatic carbocycles. The molecule has 1 aromatic rings. The van der Waals surface area contributed by atoms with Crippen LogP contribution in [0.3, 0.4) is 0 Å². The first-order valence-corrected chi connectivity index (χ1v) is 12.6. The van der Waals surface area contributed by atoms with Crippen LogP contribution in [0.25, 0.3) is 0 Å². The Morgan fingerprint density at radius 1 is 1.09 bits per heavy atom. The van der Waals surface area contributed by atoms with E-state index in [-0.39, 0.29) is 12.8 Å². The zero-order valence-corrected chi connectivity index (χ0v) is 20.6. The Labute approximate surface area is 195 Å². The summed E-state index contributed by atoms with van der Waals surface area (Å²) in [6, 6.07) is 10.8. The van der Waals surface area contributed by atoms with Crippen LogP contribution in [-0.2, 0) is 23.8 Å². The molecule has 0 aromatic heterocycles. The molecule has 192 valence electrons. The van der Waals surface area contributed by atoms with Gasteiger partial charge >= 0.3 is 15.6 Å². The molecule has 1 fully saturated rings. The molecule has 2 rings (SSSR count). The van der Waals surface area contributed by atoms with Gasteiger partial charge in [0.2, 0.25) is 0 Å². The topological polar surface area (TPSA) is 82.1 Å². The van der Waals surface area contributed by atoms with Crippen LogP contribution in [0, 0.1) is 11.8 Å². The first-order chi connectivity index (χ1) is 15.5. The van der Waals surface area contributed by atoms with E-state index >= 15 is 0 Å². The SMILES string of the molecule is CCC(CC(C)C(COC)COC)c1ccccc1.O=S(=O)(OC1CCCC1O)C(F)(F)F. The van der Waals surface area contributed by atoms with E-state index in [1.54, 1.807) is 14.2 Å². The minimum Gasteiger partial charge on any atom is -0.390 e. The third kappa shape index (κ3) is 9.90. The fraction of sp³-hybridized carbons (Fsp3) is 0.739. The summed E-state index contributed by atoms with van der Waals surface area (Å²) in [6.45, 7) is 6.14. The van der Waals surface area contributed by atoms with Gasteiger partial charge in [0.1, 0.15) is 6.10 Å². The lowest BCUT2D eigenvalue weighted by Crippen LogP contribution is -2.33. The second kappa shape index (κ2) is 14.3. The average Bonchev–Trinajstić information content (AvgIpc) is 3.15. The maximum absolute atomic E-state index is 11.8. The van der Waals surface area contributed by atoms with Crippen molar-refractivity contribution in [2.24, 2.45) is 11.8 Å². The molecule has 0 bridgehead atoms. The van der Waals surface area contributed by atoms with Crippen LogP contribution in [0.1, 0.15) is 57.4 Å². The Hall–Kier alpha value is -1.20. The van der Waals surface area contributed by atoms with Crippen molar-refractivity contribution in [1.29, 1.82) is 0 Å². The molecule has 1 N–H and O–H groups in total. The van der Waals surface area contributed by atoms with E-state index in [0.29, 0.717) is 24.2 Å². The molecule has 1 aliphatic carbocycles. The fourth-order valence-corrected chi connectivity index (χ4v) is 4.60. The molecular formula is C23H37F3O6S. The van der Waals surface area contributed by atoms with Gasteiger partial charge in [-0.05, 0) is 49.5 Å². The molecular weight excluding hydrogens is 461 g/mol. The van der Waals surface area contributed by atoms with Crippen molar-refractivity contribution in [2.45, 2.75) is 69.6 Å². The molecule has 4 atom stereocenters. The Morgan fingerprint density at radius 2 is 1.67 bits per heavy atom. The number of aliphatic hydroxyl groups is 1. The summed E-state index contributed by atoms with van der Waals surface area (Å²) < 4.78 is 71.0.